The molecule has 0 aliphatic heterocycles. The summed E-state index contributed by atoms with van der Waals surface area (Å²) in [5.74, 6) is 0.302. The molecule has 0 aliphatic rings. The summed E-state index contributed by atoms with van der Waals surface area (Å²) in [6, 6.07) is 19.7. The molecule has 0 spiro atoms. The molecular formula is C22H22N6O. The van der Waals surface area contributed by atoms with E-state index in [-0.39, 0.29) is 11.6 Å². The number of nitrogens with one attached hydrogen (secondary N) is 1. The summed E-state index contributed by atoms with van der Waals surface area (Å²) in [5, 5.41) is 16.0. The molecule has 146 valence electrons. The number of para-hydroxylation sites is 1. The molecule has 4 rings (SSSR count). The zero-order valence-electron chi connectivity index (χ0n) is 16.4. The second kappa shape index (κ2) is 8.10. The molecule has 0 aliphatic carbocycles. The average molecular weight is 386 g/mol. The van der Waals surface area contributed by atoms with Crippen LogP contribution in [0, 0.1) is 6.92 Å². The third-order valence-electron chi connectivity index (χ3n) is 4.71. The van der Waals surface area contributed by atoms with E-state index in [9.17, 15) is 4.79 Å². The number of carbonyl (C=O) groups is 1. The molecule has 0 atom stereocenters. The van der Waals surface area contributed by atoms with Gasteiger partial charge in [0, 0.05) is 6.07 Å². The van der Waals surface area contributed by atoms with Crippen molar-refractivity contribution in [1.82, 2.24) is 24.8 Å². The number of benzene rings is 2. The number of aryl methyl sites for hydroxylation is 2. The van der Waals surface area contributed by atoms with Gasteiger partial charge in [-0.3, -0.25) is 4.79 Å². The van der Waals surface area contributed by atoms with Crippen molar-refractivity contribution in [2.75, 3.05) is 5.32 Å². The lowest BCUT2D eigenvalue weighted by Crippen LogP contribution is -2.17. The molecule has 29 heavy (non-hydrogen) atoms. The molecule has 2 heterocycles. The van der Waals surface area contributed by atoms with E-state index in [1.54, 1.807) is 23.9 Å². The maximum absolute atomic E-state index is 12.8. The Labute approximate surface area is 169 Å². The number of aromatic nitrogens is 5. The van der Waals surface area contributed by atoms with Crippen LogP contribution in [0.2, 0.25) is 0 Å². The van der Waals surface area contributed by atoms with Gasteiger partial charge in [0.2, 0.25) is 0 Å². The zero-order valence-corrected chi connectivity index (χ0v) is 16.4. The van der Waals surface area contributed by atoms with Gasteiger partial charge in [-0.05, 0) is 36.6 Å². The minimum Gasteiger partial charge on any atom is -0.305 e. The van der Waals surface area contributed by atoms with Crippen molar-refractivity contribution >= 4 is 11.7 Å². The first-order valence-electron chi connectivity index (χ1n) is 9.54. The highest BCUT2D eigenvalue weighted by Gasteiger charge is 2.18. The normalized spacial score (nSPS) is 10.8. The van der Waals surface area contributed by atoms with E-state index in [0.29, 0.717) is 18.1 Å². The van der Waals surface area contributed by atoms with Crippen molar-refractivity contribution < 1.29 is 4.79 Å². The fourth-order valence-corrected chi connectivity index (χ4v) is 3.06. The summed E-state index contributed by atoms with van der Waals surface area (Å²) in [7, 11) is 0. The standard InChI is InChI=1S/C22H22N6O/c1-3-17-9-11-18(12-10-17)15-27-20(13-14-23-27)24-22(29)21-16(2)25-28(26-21)19-7-5-4-6-8-19/h4-14H,3,15H2,1-2H3,(H,24,29). The number of rotatable bonds is 6. The van der Waals surface area contributed by atoms with Crippen LogP contribution in [0.25, 0.3) is 5.69 Å². The molecule has 0 fully saturated rings. The molecule has 2 aromatic carbocycles. The van der Waals surface area contributed by atoms with Crippen molar-refractivity contribution in [3.05, 3.63) is 89.4 Å². The molecule has 4 aromatic rings. The molecular weight excluding hydrogens is 364 g/mol. The van der Waals surface area contributed by atoms with Gasteiger partial charge in [0.15, 0.2) is 5.69 Å². The topological polar surface area (TPSA) is 77.6 Å². The van der Waals surface area contributed by atoms with Gasteiger partial charge in [-0.2, -0.15) is 15.0 Å². The molecule has 0 radical (unpaired) electrons. The van der Waals surface area contributed by atoms with Gasteiger partial charge in [-0.15, -0.1) is 5.10 Å². The van der Waals surface area contributed by atoms with E-state index >= 15 is 0 Å². The van der Waals surface area contributed by atoms with E-state index in [2.05, 4.69) is 51.8 Å². The fourth-order valence-electron chi connectivity index (χ4n) is 3.06. The van der Waals surface area contributed by atoms with Crippen molar-refractivity contribution in [3.63, 3.8) is 0 Å². The maximum atomic E-state index is 12.8. The molecule has 1 amide bonds. The van der Waals surface area contributed by atoms with E-state index in [1.165, 1.54) is 10.4 Å². The summed E-state index contributed by atoms with van der Waals surface area (Å²) >= 11 is 0. The van der Waals surface area contributed by atoms with Gasteiger partial charge in [-0.25, -0.2) is 4.68 Å². The van der Waals surface area contributed by atoms with Crippen LogP contribution in [0.3, 0.4) is 0 Å². The summed E-state index contributed by atoms with van der Waals surface area (Å²) in [6.07, 6.45) is 2.68. The highest BCUT2D eigenvalue weighted by molar-refractivity contribution is 6.03. The fraction of sp³-hybridized carbons (Fsp3) is 0.182. The lowest BCUT2D eigenvalue weighted by atomic mass is 10.1. The Morgan fingerprint density at radius 2 is 1.69 bits per heavy atom. The number of anilines is 1. The van der Waals surface area contributed by atoms with Crippen LogP contribution >= 0.6 is 0 Å². The number of carbonyl (C=O) groups excluding carboxylic acids is 1. The predicted molar refractivity (Wildman–Crippen MR) is 111 cm³/mol. The summed E-state index contributed by atoms with van der Waals surface area (Å²) in [5.41, 5.74) is 4.06. The molecule has 7 heteroatoms. The van der Waals surface area contributed by atoms with Crippen LogP contribution in [0.15, 0.2) is 66.9 Å². The van der Waals surface area contributed by atoms with Crippen LogP contribution < -0.4 is 5.32 Å². The van der Waals surface area contributed by atoms with Crippen molar-refractivity contribution in [2.24, 2.45) is 0 Å². The summed E-state index contributed by atoms with van der Waals surface area (Å²) < 4.78 is 1.76. The molecule has 1 N–H and O–H groups in total. The third-order valence-corrected chi connectivity index (χ3v) is 4.71. The quantitative estimate of drug-likeness (QED) is 0.549. The van der Waals surface area contributed by atoms with E-state index < -0.39 is 0 Å². The first kappa shape index (κ1) is 18.6. The van der Waals surface area contributed by atoms with Crippen LogP contribution in [0.1, 0.15) is 34.2 Å². The van der Waals surface area contributed by atoms with Gasteiger partial charge in [0.1, 0.15) is 5.82 Å². The van der Waals surface area contributed by atoms with Crippen molar-refractivity contribution in [1.29, 1.82) is 0 Å². The average Bonchev–Trinajstić information content (AvgIpc) is 3.35. The Hall–Kier alpha value is -3.74. The van der Waals surface area contributed by atoms with Gasteiger partial charge in [0.25, 0.3) is 5.91 Å². The number of nitrogens with zero attached hydrogens (tertiary/aromatic N) is 5. The second-order valence-electron chi connectivity index (χ2n) is 6.76. The van der Waals surface area contributed by atoms with E-state index in [1.807, 2.05) is 30.3 Å². The van der Waals surface area contributed by atoms with Crippen LogP contribution in [0.5, 0.6) is 0 Å². The summed E-state index contributed by atoms with van der Waals surface area (Å²) in [4.78, 5) is 14.3. The van der Waals surface area contributed by atoms with Crippen LogP contribution in [-0.4, -0.2) is 30.7 Å². The van der Waals surface area contributed by atoms with Gasteiger partial charge < -0.3 is 5.32 Å². The zero-order chi connectivity index (χ0) is 20.2. The first-order chi connectivity index (χ1) is 14.1. The number of amides is 1. The lowest BCUT2D eigenvalue weighted by molar-refractivity contribution is 0.102. The monoisotopic (exact) mass is 386 g/mol. The van der Waals surface area contributed by atoms with E-state index in [0.717, 1.165) is 17.7 Å². The van der Waals surface area contributed by atoms with Crippen LogP contribution in [0.4, 0.5) is 5.82 Å². The smallest absolute Gasteiger partial charge is 0.279 e. The molecule has 0 saturated carbocycles. The van der Waals surface area contributed by atoms with Crippen LogP contribution in [-0.2, 0) is 13.0 Å². The van der Waals surface area contributed by atoms with Gasteiger partial charge >= 0.3 is 0 Å². The Balaban J connectivity index is 1.51. The van der Waals surface area contributed by atoms with E-state index in [4.69, 9.17) is 0 Å². The Bertz CT molecular complexity index is 1110. The number of hydrogen-bond donors (Lipinski definition) is 1. The first-order valence-corrected chi connectivity index (χ1v) is 9.54. The minimum absolute atomic E-state index is 0.286. The van der Waals surface area contributed by atoms with Gasteiger partial charge in [-0.1, -0.05) is 49.4 Å². The lowest BCUT2D eigenvalue weighted by Gasteiger charge is -2.09. The maximum Gasteiger partial charge on any atom is 0.279 e. The number of hydrogen-bond acceptors (Lipinski definition) is 4. The second-order valence-corrected chi connectivity index (χ2v) is 6.76. The largest absolute Gasteiger partial charge is 0.305 e. The highest BCUT2D eigenvalue weighted by Crippen LogP contribution is 2.14. The molecule has 7 nitrogen and oxygen atoms in total. The molecule has 0 bridgehead atoms. The Morgan fingerprint density at radius 3 is 2.41 bits per heavy atom. The summed E-state index contributed by atoms with van der Waals surface area (Å²) in [6.45, 7) is 4.47. The highest BCUT2D eigenvalue weighted by atomic mass is 16.2. The molecule has 2 aromatic heterocycles. The Kier molecular flexibility index (Phi) is 5.20. The van der Waals surface area contributed by atoms with Gasteiger partial charge in [0.05, 0.1) is 24.1 Å². The molecule has 0 unspecified atom stereocenters. The van der Waals surface area contributed by atoms with Crippen molar-refractivity contribution in [2.45, 2.75) is 26.8 Å². The third kappa shape index (κ3) is 4.08. The predicted octanol–water partition coefficient (Wildman–Crippen LogP) is 3.64. The van der Waals surface area contributed by atoms with Crippen molar-refractivity contribution in [3.8, 4) is 5.69 Å². The Morgan fingerprint density at radius 1 is 0.966 bits per heavy atom. The SMILES string of the molecule is CCc1ccc(Cn2nccc2NC(=O)c2nn(-c3ccccc3)nc2C)cc1. The minimum atomic E-state index is -0.312. The molecule has 0 saturated heterocycles.